The molecule has 4 aromatic rings. The van der Waals surface area contributed by atoms with Gasteiger partial charge in [-0.05, 0) is 49.9 Å². The zero-order valence-corrected chi connectivity index (χ0v) is 15.2. The lowest BCUT2D eigenvalue weighted by Crippen LogP contribution is -2.09. The second-order valence-electron chi connectivity index (χ2n) is 7.39. The van der Waals surface area contributed by atoms with Gasteiger partial charge in [0.25, 0.3) is 0 Å². The van der Waals surface area contributed by atoms with Gasteiger partial charge in [-0.25, -0.2) is 9.67 Å². The molecular formula is C20H22N6. The van der Waals surface area contributed by atoms with Crippen LogP contribution in [0.15, 0.2) is 30.7 Å². The third-order valence-electron chi connectivity index (χ3n) is 5.71. The number of aryl methyl sites for hydroxylation is 2. The van der Waals surface area contributed by atoms with Crippen LogP contribution in [0.1, 0.15) is 55.0 Å². The Kier molecular flexibility index (Phi) is 3.51. The van der Waals surface area contributed by atoms with E-state index in [1.54, 1.807) is 0 Å². The van der Waals surface area contributed by atoms with E-state index in [9.17, 15) is 0 Å². The molecule has 0 aliphatic heterocycles. The summed E-state index contributed by atoms with van der Waals surface area (Å²) in [6.45, 7) is 4.23. The summed E-state index contributed by atoms with van der Waals surface area (Å²) in [5.41, 5.74) is 5.21. The van der Waals surface area contributed by atoms with Crippen molar-refractivity contribution in [3.8, 4) is 5.69 Å². The SMILES string of the molecule is Cc1ccc(-n2ncc3c2ncn2c(C4CCCCC4)nnc32)cc1C. The van der Waals surface area contributed by atoms with Crippen LogP contribution in [0.5, 0.6) is 0 Å². The zero-order chi connectivity index (χ0) is 17.7. The molecule has 0 atom stereocenters. The summed E-state index contributed by atoms with van der Waals surface area (Å²) in [6.07, 6.45) is 9.99. The quantitative estimate of drug-likeness (QED) is 0.547. The van der Waals surface area contributed by atoms with Gasteiger partial charge in [-0.15, -0.1) is 10.2 Å². The Hall–Kier alpha value is -2.76. The molecule has 6 nitrogen and oxygen atoms in total. The Morgan fingerprint density at radius 3 is 2.62 bits per heavy atom. The summed E-state index contributed by atoms with van der Waals surface area (Å²) < 4.78 is 3.95. The van der Waals surface area contributed by atoms with Crippen molar-refractivity contribution in [2.45, 2.75) is 51.9 Å². The third kappa shape index (κ3) is 2.32. The van der Waals surface area contributed by atoms with Gasteiger partial charge in [0, 0.05) is 5.92 Å². The number of fused-ring (bicyclic) bond motifs is 3. The number of benzene rings is 1. The molecule has 0 saturated heterocycles. The van der Waals surface area contributed by atoms with Crippen LogP contribution in [0, 0.1) is 13.8 Å². The van der Waals surface area contributed by atoms with Gasteiger partial charge in [-0.2, -0.15) is 5.10 Å². The summed E-state index contributed by atoms with van der Waals surface area (Å²) in [5.74, 6) is 1.54. The van der Waals surface area contributed by atoms with E-state index in [0.717, 1.165) is 28.2 Å². The Morgan fingerprint density at radius 1 is 0.962 bits per heavy atom. The molecule has 5 rings (SSSR count). The van der Waals surface area contributed by atoms with Crippen LogP contribution < -0.4 is 0 Å². The van der Waals surface area contributed by atoms with Crippen molar-refractivity contribution >= 4 is 16.7 Å². The lowest BCUT2D eigenvalue weighted by Gasteiger charge is -2.19. The van der Waals surface area contributed by atoms with Gasteiger partial charge < -0.3 is 0 Å². The fourth-order valence-electron chi connectivity index (χ4n) is 4.02. The van der Waals surface area contributed by atoms with Crippen LogP contribution in [0.3, 0.4) is 0 Å². The van der Waals surface area contributed by atoms with Crippen LogP contribution >= 0.6 is 0 Å². The van der Waals surface area contributed by atoms with Crippen LogP contribution in [-0.4, -0.2) is 29.4 Å². The number of rotatable bonds is 2. The maximum atomic E-state index is 4.71. The topological polar surface area (TPSA) is 60.9 Å². The van der Waals surface area contributed by atoms with Crippen molar-refractivity contribution in [2.75, 3.05) is 0 Å². The van der Waals surface area contributed by atoms with E-state index in [4.69, 9.17) is 4.98 Å². The molecule has 1 fully saturated rings. The minimum atomic E-state index is 0.493. The van der Waals surface area contributed by atoms with Crippen LogP contribution in [0.2, 0.25) is 0 Å². The smallest absolute Gasteiger partial charge is 0.174 e. The molecule has 0 bridgehead atoms. The second kappa shape index (κ2) is 5.90. The van der Waals surface area contributed by atoms with Gasteiger partial charge in [0.05, 0.1) is 17.3 Å². The molecule has 0 N–H and O–H groups in total. The van der Waals surface area contributed by atoms with Crippen molar-refractivity contribution < 1.29 is 0 Å². The highest BCUT2D eigenvalue weighted by molar-refractivity contribution is 5.89. The average molecular weight is 346 g/mol. The predicted molar refractivity (Wildman–Crippen MR) is 101 cm³/mol. The summed E-state index contributed by atoms with van der Waals surface area (Å²) in [6, 6.07) is 6.35. The second-order valence-corrected chi connectivity index (χ2v) is 7.39. The van der Waals surface area contributed by atoms with Crippen molar-refractivity contribution in [3.63, 3.8) is 0 Å². The molecule has 1 aromatic carbocycles. The van der Waals surface area contributed by atoms with Crippen LogP contribution in [0.25, 0.3) is 22.4 Å². The highest BCUT2D eigenvalue weighted by Gasteiger charge is 2.22. The molecular weight excluding hydrogens is 324 g/mol. The van der Waals surface area contributed by atoms with E-state index in [2.05, 4.69) is 51.7 Å². The van der Waals surface area contributed by atoms with Crippen LogP contribution in [-0.2, 0) is 0 Å². The monoisotopic (exact) mass is 346 g/mol. The highest BCUT2D eigenvalue weighted by atomic mass is 15.3. The number of hydrogen-bond acceptors (Lipinski definition) is 4. The first-order valence-corrected chi connectivity index (χ1v) is 9.37. The molecule has 0 amide bonds. The minimum absolute atomic E-state index is 0.493. The number of hydrogen-bond donors (Lipinski definition) is 0. The molecule has 6 heteroatoms. The number of nitrogens with zero attached hydrogens (tertiary/aromatic N) is 6. The van der Waals surface area contributed by atoms with E-state index in [0.29, 0.717) is 5.92 Å². The van der Waals surface area contributed by atoms with Gasteiger partial charge in [0.1, 0.15) is 12.2 Å². The Morgan fingerprint density at radius 2 is 1.81 bits per heavy atom. The van der Waals surface area contributed by atoms with Crippen molar-refractivity contribution in [1.29, 1.82) is 0 Å². The van der Waals surface area contributed by atoms with E-state index < -0.39 is 0 Å². The zero-order valence-electron chi connectivity index (χ0n) is 15.2. The maximum Gasteiger partial charge on any atom is 0.174 e. The van der Waals surface area contributed by atoms with Crippen molar-refractivity contribution in [1.82, 2.24) is 29.4 Å². The minimum Gasteiger partial charge on any atom is -0.268 e. The third-order valence-corrected chi connectivity index (χ3v) is 5.71. The highest BCUT2D eigenvalue weighted by Crippen LogP contribution is 2.32. The molecule has 26 heavy (non-hydrogen) atoms. The van der Waals surface area contributed by atoms with Gasteiger partial charge in [0.2, 0.25) is 0 Å². The molecule has 0 radical (unpaired) electrons. The Labute approximate surface area is 151 Å². The largest absolute Gasteiger partial charge is 0.268 e. The molecule has 1 aliphatic rings. The molecule has 3 aromatic heterocycles. The van der Waals surface area contributed by atoms with E-state index in [1.807, 2.05) is 17.2 Å². The first kappa shape index (κ1) is 15.5. The van der Waals surface area contributed by atoms with Crippen LogP contribution in [0.4, 0.5) is 0 Å². The van der Waals surface area contributed by atoms with Gasteiger partial charge in [-0.1, -0.05) is 25.3 Å². The Bertz CT molecular complexity index is 1100. The lowest BCUT2D eigenvalue weighted by atomic mass is 9.89. The van der Waals surface area contributed by atoms with Gasteiger partial charge in [-0.3, -0.25) is 4.40 Å². The van der Waals surface area contributed by atoms with Gasteiger partial charge in [0.15, 0.2) is 11.3 Å². The molecule has 1 aliphatic carbocycles. The standard InChI is InChI=1S/C20H22N6/c1-13-8-9-16(10-14(13)2)26-19-17(11-22-26)20-24-23-18(25(20)12-21-19)15-6-4-3-5-7-15/h8-12,15H,3-7H2,1-2H3. The molecule has 3 heterocycles. The summed E-state index contributed by atoms with van der Waals surface area (Å²) >= 11 is 0. The fraction of sp³-hybridized carbons (Fsp3) is 0.400. The molecule has 0 unspecified atom stereocenters. The summed E-state index contributed by atoms with van der Waals surface area (Å²) in [7, 11) is 0. The van der Waals surface area contributed by atoms with Gasteiger partial charge >= 0.3 is 0 Å². The lowest BCUT2D eigenvalue weighted by molar-refractivity contribution is 0.426. The van der Waals surface area contributed by atoms with Crippen molar-refractivity contribution in [2.24, 2.45) is 0 Å². The molecule has 1 saturated carbocycles. The van der Waals surface area contributed by atoms with E-state index >= 15 is 0 Å². The number of aromatic nitrogens is 6. The first-order valence-electron chi connectivity index (χ1n) is 9.37. The van der Waals surface area contributed by atoms with E-state index in [-0.39, 0.29) is 0 Å². The summed E-state index contributed by atoms with van der Waals surface area (Å²) in [4.78, 5) is 4.71. The first-order chi connectivity index (χ1) is 12.7. The van der Waals surface area contributed by atoms with E-state index in [1.165, 1.54) is 43.2 Å². The van der Waals surface area contributed by atoms with Crippen molar-refractivity contribution in [3.05, 3.63) is 47.7 Å². The maximum absolute atomic E-state index is 4.71. The summed E-state index contributed by atoms with van der Waals surface area (Å²) in [5, 5.41) is 14.5. The normalized spacial score (nSPS) is 15.9. The average Bonchev–Trinajstić information content (AvgIpc) is 3.28. The fourth-order valence-corrected chi connectivity index (χ4v) is 4.02. The Balaban J connectivity index is 1.64. The predicted octanol–water partition coefficient (Wildman–Crippen LogP) is 4.13. The molecule has 132 valence electrons. The molecule has 0 spiro atoms.